The highest BCUT2D eigenvalue weighted by atomic mass is 35.5. The van der Waals surface area contributed by atoms with Gasteiger partial charge in [-0.1, -0.05) is 36.4 Å². The molecular formula is C18H18Cl2O. The summed E-state index contributed by atoms with van der Waals surface area (Å²) in [6.45, 7) is 4.44. The SMILES string of the molecule is CC1(C)OC12[C@H]1c3ccccc3[C@H]2[C@H]2[C@H]1[C@H](Cl)C=C[C@@H]2Cl. The van der Waals surface area contributed by atoms with Crippen molar-refractivity contribution < 1.29 is 4.74 Å². The van der Waals surface area contributed by atoms with Crippen LogP contribution in [-0.4, -0.2) is 22.0 Å². The van der Waals surface area contributed by atoms with Gasteiger partial charge in [0.1, 0.15) is 5.60 Å². The van der Waals surface area contributed by atoms with E-state index < -0.39 is 0 Å². The average Bonchev–Trinajstić information content (AvgIpc) is 2.78. The number of allylic oxidation sites excluding steroid dienone is 2. The molecule has 1 spiro atoms. The summed E-state index contributed by atoms with van der Waals surface area (Å²) >= 11 is 13.4. The Balaban J connectivity index is 1.77. The molecule has 1 aromatic carbocycles. The van der Waals surface area contributed by atoms with Gasteiger partial charge in [-0.25, -0.2) is 0 Å². The van der Waals surface area contributed by atoms with E-state index in [2.05, 4.69) is 50.3 Å². The molecule has 2 fully saturated rings. The van der Waals surface area contributed by atoms with Crippen molar-refractivity contribution in [1.29, 1.82) is 0 Å². The fourth-order valence-corrected chi connectivity index (χ4v) is 6.49. The summed E-state index contributed by atoms with van der Waals surface area (Å²) in [5.74, 6) is 1.54. The lowest BCUT2D eigenvalue weighted by molar-refractivity contribution is 0.252. The Bertz CT molecular complexity index is 620. The van der Waals surface area contributed by atoms with E-state index in [1.807, 2.05) is 0 Å². The van der Waals surface area contributed by atoms with E-state index in [-0.39, 0.29) is 22.0 Å². The van der Waals surface area contributed by atoms with E-state index in [0.717, 1.165) is 0 Å². The lowest BCUT2D eigenvalue weighted by Crippen LogP contribution is -2.36. The Kier molecular flexibility index (Phi) is 2.28. The van der Waals surface area contributed by atoms with E-state index >= 15 is 0 Å². The van der Waals surface area contributed by atoms with Crippen LogP contribution >= 0.6 is 23.2 Å². The maximum Gasteiger partial charge on any atom is 0.112 e. The van der Waals surface area contributed by atoms with Crippen molar-refractivity contribution in [3.63, 3.8) is 0 Å². The smallest absolute Gasteiger partial charge is 0.112 e. The molecule has 1 saturated carbocycles. The van der Waals surface area contributed by atoms with Crippen molar-refractivity contribution in [3.8, 4) is 0 Å². The van der Waals surface area contributed by atoms with Gasteiger partial charge in [-0.15, -0.1) is 23.2 Å². The summed E-state index contributed by atoms with van der Waals surface area (Å²) in [5.41, 5.74) is 2.72. The molecule has 0 N–H and O–H groups in total. The Morgan fingerprint density at radius 1 is 0.905 bits per heavy atom. The molecule has 110 valence electrons. The number of benzene rings is 1. The summed E-state index contributed by atoms with van der Waals surface area (Å²) in [6, 6.07) is 8.80. The van der Waals surface area contributed by atoms with Crippen LogP contribution in [0.25, 0.3) is 0 Å². The fraction of sp³-hybridized carbons (Fsp3) is 0.556. The van der Waals surface area contributed by atoms with E-state index in [0.29, 0.717) is 23.7 Å². The fourth-order valence-electron chi connectivity index (χ4n) is 5.70. The average molecular weight is 321 g/mol. The molecule has 4 aliphatic rings. The van der Waals surface area contributed by atoms with Crippen LogP contribution in [0.3, 0.4) is 0 Å². The lowest BCUT2D eigenvalue weighted by Gasteiger charge is -2.38. The normalized spacial score (nSPS) is 51.0. The molecule has 1 nitrogen and oxygen atoms in total. The van der Waals surface area contributed by atoms with Gasteiger partial charge in [0.25, 0.3) is 0 Å². The second-order valence-corrected chi connectivity index (χ2v) is 8.43. The Labute approximate surface area is 135 Å². The quantitative estimate of drug-likeness (QED) is 0.391. The first-order chi connectivity index (χ1) is 9.99. The van der Waals surface area contributed by atoms with Gasteiger partial charge in [0.2, 0.25) is 0 Å². The van der Waals surface area contributed by atoms with Crippen LogP contribution < -0.4 is 0 Å². The van der Waals surface area contributed by atoms with Crippen LogP contribution in [0.5, 0.6) is 0 Å². The van der Waals surface area contributed by atoms with Crippen molar-refractivity contribution >= 4 is 23.2 Å². The van der Waals surface area contributed by atoms with Gasteiger partial charge in [0.05, 0.1) is 16.4 Å². The molecule has 21 heavy (non-hydrogen) atoms. The van der Waals surface area contributed by atoms with Crippen molar-refractivity contribution in [2.45, 2.75) is 47.6 Å². The van der Waals surface area contributed by atoms with Gasteiger partial charge in [-0.05, 0) is 36.8 Å². The molecule has 3 heteroatoms. The number of alkyl halides is 2. The monoisotopic (exact) mass is 320 g/mol. The zero-order chi connectivity index (χ0) is 14.6. The number of ether oxygens (including phenoxy) is 1. The highest BCUT2D eigenvalue weighted by molar-refractivity contribution is 6.24. The van der Waals surface area contributed by atoms with Crippen molar-refractivity contribution in [2.24, 2.45) is 11.8 Å². The molecule has 1 aromatic rings. The lowest BCUT2D eigenvalue weighted by atomic mass is 9.70. The molecular weight excluding hydrogens is 303 g/mol. The van der Waals surface area contributed by atoms with E-state index in [4.69, 9.17) is 27.9 Å². The largest absolute Gasteiger partial charge is 0.362 e. The molecule has 2 bridgehead atoms. The number of halogens is 2. The number of rotatable bonds is 0. The standard InChI is InChI=1S/C18H18Cl2O/c1-17(2)18(21-17)15-9-5-3-4-6-10(9)16(18)14-12(20)8-7-11(19)13(14)15/h3-8,11-16H,1-2H3/t11-,12+,13-,14-,15+,16+,18?/m1/s1. The Morgan fingerprint density at radius 3 is 1.71 bits per heavy atom. The Hall–Kier alpha value is -0.500. The predicted octanol–water partition coefficient (Wildman–Crippen LogP) is 4.45. The summed E-state index contributed by atoms with van der Waals surface area (Å²) < 4.78 is 6.37. The van der Waals surface area contributed by atoms with Crippen LogP contribution in [0, 0.1) is 11.8 Å². The first-order valence-electron chi connectivity index (χ1n) is 7.74. The summed E-state index contributed by atoms with van der Waals surface area (Å²) in [5, 5.41) is 0.121. The van der Waals surface area contributed by atoms with Gasteiger partial charge in [0.15, 0.2) is 0 Å². The molecule has 3 aliphatic carbocycles. The number of hydrogen-bond acceptors (Lipinski definition) is 1. The van der Waals surface area contributed by atoms with Crippen molar-refractivity contribution in [2.75, 3.05) is 0 Å². The van der Waals surface area contributed by atoms with Crippen molar-refractivity contribution in [3.05, 3.63) is 47.5 Å². The van der Waals surface area contributed by atoms with Gasteiger partial charge in [-0.3, -0.25) is 0 Å². The maximum atomic E-state index is 6.69. The first kappa shape index (κ1) is 13.0. The summed E-state index contributed by atoms with van der Waals surface area (Å²) in [7, 11) is 0. The molecule has 0 amide bonds. The minimum Gasteiger partial charge on any atom is -0.362 e. The van der Waals surface area contributed by atoms with E-state index in [9.17, 15) is 0 Å². The van der Waals surface area contributed by atoms with Crippen LogP contribution in [0.1, 0.15) is 36.8 Å². The van der Waals surface area contributed by atoms with Crippen LogP contribution in [-0.2, 0) is 4.74 Å². The van der Waals surface area contributed by atoms with Crippen LogP contribution in [0.2, 0.25) is 0 Å². The molecule has 1 heterocycles. The third-order valence-corrected chi connectivity index (χ3v) is 7.21. The predicted molar refractivity (Wildman–Crippen MR) is 85.2 cm³/mol. The molecule has 0 radical (unpaired) electrons. The Morgan fingerprint density at radius 2 is 1.33 bits per heavy atom. The zero-order valence-corrected chi connectivity index (χ0v) is 13.6. The van der Waals surface area contributed by atoms with Gasteiger partial charge >= 0.3 is 0 Å². The number of epoxide rings is 1. The topological polar surface area (TPSA) is 12.5 Å². The zero-order valence-electron chi connectivity index (χ0n) is 12.1. The molecule has 1 unspecified atom stereocenters. The highest BCUT2D eigenvalue weighted by Crippen LogP contribution is 2.79. The second-order valence-electron chi connectivity index (χ2n) is 7.42. The molecule has 5 rings (SSSR count). The maximum absolute atomic E-state index is 6.69. The van der Waals surface area contributed by atoms with Gasteiger partial charge in [0, 0.05) is 11.8 Å². The van der Waals surface area contributed by atoms with Crippen LogP contribution in [0.4, 0.5) is 0 Å². The highest BCUT2D eigenvalue weighted by Gasteiger charge is 2.82. The summed E-state index contributed by atoms with van der Waals surface area (Å²) in [6.07, 6.45) is 4.18. The summed E-state index contributed by atoms with van der Waals surface area (Å²) in [4.78, 5) is 0. The third-order valence-electron chi connectivity index (χ3n) is 6.34. The second kappa shape index (κ2) is 3.69. The molecule has 0 aromatic heterocycles. The molecule has 7 atom stereocenters. The minimum absolute atomic E-state index is 0.0604. The number of fused-ring (bicyclic) bond motifs is 6. The van der Waals surface area contributed by atoms with Gasteiger partial charge in [-0.2, -0.15) is 0 Å². The van der Waals surface area contributed by atoms with Gasteiger partial charge < -0.3 is 4.74 Å². The van der Waals surface area contributed by atoms with E-state index in [1.54, 1.807) is 0 Å². The molecule has 1 saturated heterocycles. The minimum atomic E-state index is -0.0850. The van der Waals surface area contributed by atoms with Crippen molar-refractivity contribution in [1.82, 2.24) is 0 Å². The number of hydrogen-bond donors (Lipinski definition) is 0. The van der Waals surface area contributed by atoms with Crippen LogP contribution in [0.15, 0.2) is 36.4 Å². The third kappa shape index (κ3) is 1.27. The van der Waals surface area contributed by atoms with E-state index in [1.165, 1.54) is 11.1 Å². The molecule has 1 aliphatic heterocycles. The first-order valence-corrected chi connectivity index (χ1v) is 8.62.